The van der Waals surface area contributed by atoms with Gasteiger partial charge in [0.25, 0.3) is 0 Å². The lowest BCUT2D eigenvalue weighted by Crippen LogP contribution is -2.40. The van der Waals surface area contributed by atoms with Crippen LogP contribution in [0.15, 0.2) is 48.5 Å². The predicted octanol–water partition coefficient (Wildman–Crippen LogP) is 3.51. The predicted molar refractivity (Wildman–Crippen MR) is 86.0 cm³/mol. The Bertz CT molecular complexity index is 635. The van der Waals surface area contributed by atoms with Gasteiger partial charge in [-0.25, -0.2) is 0 Å². The van der Waals surface area contributed by atoms with Gasteiger partial charge < -0.3 is 5.32 Å². The first-order chi connectivity index (χ1) is 10.4. The van der Waals surface area contributed by atoms with Crippen LogP contribution in [0.3, 0.4) is 0 Å². The summed E-state index contributed by atoms with van der Waals surface area (Å²) in [7, 11) is 0. The number of nitrogens with one attached hydrogen (secondary N) is 1. The van der Waals surface area contributed by atoms with Crippen LogP contribution in [0.2, 0.25) is 0 Å². The van der Waals surface area contributed by atoms with Gasteiger partial charge in [-0.2, -0.15) is 0 Å². The van der Waals surface area contributed by atoms with Gasteiger partial charge in [0.15, 0.2) is 0 Å². The molecule has 1 unspecified atom stereocenters. The molecule has 0 fully saturated rings. The molecule has 106 valence electrons. The molecule has 2 aliphatic heterocycles. The van der Waals surface area contributed by atoms with E-state index < -0.39 is 0 Å². The second kappa shape index (κ2) is 5.53. The van der Waals surface area contributed by atoms with Gasteiger partial charge in [-0.3, -0.25) is 4.90 Å². The number of hydrogen-bond acceptors (Lipinski definition) is 2. The Kier molecular flexibility index (Phi) is 3.40. The van der Waals surface area contributed by atoms with E-state index in [0.29, 0.717) is 6.04 Å². The summed E-state index contributed by atoms with van der Waals surface area (Å²) in [6.45, 7) is 5.67. The third-order valence-corrected chi connectivity index (χ3v) is 4.63. The van der Waals surface area contributed by atoms with Gasteiger partial charge in [0.2, 0.25) is 0 Å². The normalized spacial score (nSPS) is 21.8. The Labute approximate surface area is 126 Å². The summed E-state index contributed by atoms with van der Waals surface area (Å²) in [6, 6.07) is 17.8. The maximum Gasteiger partial charge on any atom is 0.107 e. The Morgan fingerprint density at radius 3 is 2.62 bits per heavy atom. The van der Waals surface area contributed by atoms with E-state index in [9.17, 15) is 0 Å². The van der Waals surface area contributed by atoms with E-state index in [2.05, 4.69) is 65.3 Å². The summed E-state index contributed by atoms with van der Waals surface area (Å²) in [5.41, 5.74) is 5.61. The lowest BCUT2D eigenvalue weighted by Gasteiger charge is -2.34. The van der Waals surface area contributed by atoms with Crippen molar-refractivity contribution < 1.29 is 0 Å². The molecule has 1 atom stereocenters. The van der Waals surface area contributed by atoms with Crippen molar-refractivity contribution in [3.05, 3.63) is 71.8 Å². The molecule has 4 rings (SSSR count). The molecule has 0 aliphatic carbocycles. The van der Waals surface area contributed by atoms with Crippen LogP contribution >= 0.6 is 0 Å². The van der Waals surface area contributed by atoms with E-state index in [1.165, 1.54) is 35.2 Å². The van der Waals surface area contributed by atoms with E-state index in [0.717, 1.165) is 19.5 Å². The molecule has 2 heterocycles. The monoisotopic (exact) mass is 276 g/mol. The second-order valence-corrected chi connectivity index (χ2v) is 5.99. The fourth-order valence-electron chi connectivity index (χ4n) is 3.45. The maximum atomic E-state index is 3.48. The minimum absolute atomic E-state index is 0.367. The lowest BCUT2D eigenvalue weighted by molar-refractivity contribution is 0.209. The standard InChI is InChI=1S/C19H20N2/c1-2-8-17-14-21(11-5-9-15(17)6-1)18-12-16-7-3-4-10-19(16)20-13-18/h1-4,6-8,10,18,20H,5,9,11-12,14H2. The Morgan fingerprint density at radius 2 is 1.71 bits per heavy atom. The molecular formula is C19H20N2. The molecular weight excluding hydrogens is 256 g/mol. The zero-order chi connectivity index (χ0) is 14.1. The second-order valence-electron chi connectivity index (χ2n) is 5.99. The smallest absolute Gasteiger partial charge is 0.107 e. The van der Waals surface area contributed by atoms with Gasteiger partial charge in [0.05, 0.1) is 0 Å². The van der Waals surface area contributed by atoms with Crippen LogP contribution in [0.25, 0.3) is 0 Å². The minimum atomic E-state index is 0.367. The molecule has 2 nitrogen and oxygen atoms in total. The number of nitrogens with zero attached hydrogens (tertiary/aromatic N) is 1. The van der Waals surface area contributed by atoms with Crippen LogP contribution in [-0.2, 0) is 19.4 Å². The highest BCUT2D eigenvalue weighted by Crippen LogP contribution is 2.28. The fraction of sp³-hybridized carbons (Fsp3) is 0.316. The molecule has 2 aliphatic rings. The first-order valence-electron chi connectivity index (χ1n) is 7.80. The highest BCUT2D eigenvalue weighted by Gasteiger charge is 2.26. The van der Waals surface area contributed by atoms with Crippen LogP contribution in [0.4, 0.5) is 5.69 Å². The molecule has 2 heteroatoms. The van der Waals surface area contributed by atoms with Crippen molar-refractivity contribution in [2.75, 3.05) is 11.9 Å². The van der Waals surface area contributed by atoms with Gasteiger partial charge in [0, 0.05) is 18.3 Å². The molecule has 2 aromatic carbocycles. The number of para-hydroxylation sites is 1. The topological polar surface area (TPSA) is 15.3 Å². The third-order valence-electron chi connectivity index (χ3n) is 4.63. The fourth-order valence-corrected chi connectivity index (χ4v) is 3.45. The molecule has 0 amide bonds. The van der Waals surface area contributed by atoms with Crippen LogP contribution < -0.4 is 5.32 Å². The average Bonchev–Trinajstić information content (AvgIpc) is 2.76. The van der Waals surface area contributed by atoms with Crippen molar-refractivity contribution in [3.63, 3.8) is 0 Å². The highest BCUT2D eigenvalue weighted by molar-refractivity contribution is 5.55. The molecule has 1 N–H and O–H groups in total. The molecule has 21 heavy (non-hydrogen) atoms. The first-order valence-corrected chi connectivity index (χ1v) is 7.80. The van der Waals surface area contributed by atoms with E-state index >= 15 is 0 Å². The van der Waals surface area contributed by atoms with Gasteiger partial charge in [0.1, 0.15) is 6.54 Å². The zero-order valence-corrected chi connectivity index (χ0v) is 12.2. The quantitative estimate of drug-likeness (QED) is 0.857. The van der Waals surface area contributed by atoms with Crippen LogP contribution in [0.5, 0.6) is 0 Å². The number of rotatable bonds is 1. The first kappa shape index (κ1) is 12.9. The Morgan fingerprint density at radius 1 is 0.952 bits per heavy atom. The average molecular weight is 276 g/mol. The molecule has 0 saturated carbocycles. The molecule has 0 saturated heterocycles. The number of fused-ring (bicyclic) bond motifs is 2. The molecule has 2 aromatic rings. The summed E-state index contributed by atoms with van der Waals surface area (Å²) >= 11 is 0. The number of hydrogen-bond donors (Lipinski definition) is 1. The molecule has 0 spiro atoms. The van der Waals surface area contributed by atoms with E-state index in [4.69, 9.17) is 0 Å². The lowest BCUT2D eigenvalue weighted by atomic mass is 9.98. The van der Waals surface area contributed by atoms with Crippen LogP contribution in [0.1, 0.15) is 23.1 Å². The number of anilines is 1. The molecule has 0 bridgehead atoms. The summed E-state index contributed by atoms with van der Waals surface area (Å²) in [5.74, 6) is 0. The minimum Gasteiger partial charge on any atom is -0.373 e. The van der Waals surface area contributed by atoms with Crippen LogP contribution in [0, 0.1) is 6.54 Å². The molecule has 2 radical (unpaired) electrons. The van der Waals surface area contributed by atoms with Gasteiger partial charge in [-0.05, 0) is 48.6 Å². The molecule has 0 aromatic heterocycles. The summed E-state index contributed by atoms with van der Waals surface area (Å²) in [6.07, 6.45) is 3.49. The number of benzene rings is 2. The Balaban J connectivity index is 1.55. The number of aryl methyl sites for hydroxylation is 1. The van der Waals surface area contributed by atoms with Crippen LogP contribution in [-0.4, -0.2) is 17.5 Å². The summed E-state index contributed by atoms with van der Waals surface area (Å²) in [5, 5.41) is 3.36. The largest absolute Gasteiger partial charge is 0.373 e. The maximum absolute atomic E-state index is 3.48. The SMILES string of the molecule is [C]1Nc2ccccc2CC1N1CCCc2ccccc2C1. The summed E-state index contributed by atoms with van der Waals surface area (Å²) in [4.78, 5) is 2.56. The van der Waals surface area contributed by atoms with Gasteiger partial charge in [-0.15, -0.1) is 0 Å². The van der Waals surface area contributed by atoms with Crippen molar-refractivity contribution in [3.8, 4) is 0 Å². The van der Waals surface area contributed by atoms with Gasteiger partial charge >= 0.3 is 0 Å². The Hall–Kier alpha value is -1.80. The zero-order valence-electron chi connectivity index (χ0n) is 12.2. The third kappa shape index (κ3) is 2.56. The summed E-state index contributed by atoms with van der Waals surface area (Å²) < 4.78 is 0. The van der Waals surface area contributed by atoms with Crippen molar-refractivity contribution in [1.82, 2.24) is 4.90 Å². The van der Waals surface area contributed by atoms with Crippen molar-refractivity contribution in [1.29, 1.82) is 0 Å². The van der Waals surface area contributed by atoms with E-state index in [-0.39, 0.29) is 0 Å². The van der Waals surface area contributed by atoms with E-state index in [1.54, 1.807) is 0 Å². The highest BCUT2D eigenvalue weighted by atomic mass is 15.2. The van der Waals surface area contributed by atoms with Gasteiger partial charge in [-0.1, -0.05) is 42.5 Å². The van der Waals surface area contributed by atoms with Crippen molar-refractivity contribution in [2.24, 2.45) is 0 Å². The van der Waals surface area contributed by atoms with Crippen molar-refractivity contribution in [2.45, 2.75) is 31.8 Å². The van der Waals surface area contributed by atoms with E-state index in [1.807, 2.05) is 0 Å². The van der Waals surface area contributed by atoms with Crippen molar-refractivity contribution >= 4 is 5.69 Å².